The molecule has 0 radical (unpaired) electrons. The van der Waals surface area contributed by atoms with Crippen LogP contribution in [-0.2, 0) is 7.05 Å². The van der Waals surface area contributed by atoms with Crippen molar-refractivity contribution in [1.82, 2.24) is 5.27 Å². The van der Waals surface area contributed by atoms with Crippen LogP contribution in [0.15, 0.2) is 32.5 Å². The maximum atomic E-state index is 11.9. The number of aromatic nitrogens is 2. The third-order valence-corrected chi connectivity index (χ3v) is 2.62. The Kier molecular flexibility index (Phi) is 3.34. The van der Waals surface area contributed by atoms with E-state index in [1.54, 1.807) is 6.92 Å². The van der Waals surface area contributed by atoms with Gasteiger partial charge in [0.2, 0.25) is 0 Å². The number of hydrogen-bond acceptors (Lipinski definition) is 6. The third kappa shape index (κ3) is 2.41. The van der Waals surface area contributed by atoms with Gasteiger partial charge >= 0.3 is 11.3 Å². The van der Waals surface area contributed by atoms with Crippen molar-refractivity contribution in [2.24, 2.45) is 12.0 Å². The number of aliphatic imine (C=N–C) groups is 1. The average Bonchev–Trinajstić information content (AvgIpc) is 2.71. The highest BCUT2D eigenvalue weighted by Crippen LogP contribution is 2.23. The highest BCUT2D eigenvalue weighted by atomic mass is 16.6. The van der Waals surface area contributed by atoms with Crippen LogP contribution in [0.3, 0.4) is 0 Å². The molecule has 0 aliphatic rings. The van der Waals surface area contributed by atoms with Crippen molar-refractivity contribution in [2.75, 3.05) is 0 Å². The molecule has 104 valence electrons. The molecule has 0 amide bonds. The van der Waals surface area contributed by atoms with Crippen LogP contribution in [0.5, 0.6) is 0 Å². The lowest BCUT2D eigenvalue weighted by Gasteiger charge is -2.05. The number of aromatic amines is 1. The van der Waals surface area contributed by atoms with Crippen molar-refractivity contribution in [3.63, 3.8) is 0 Å². The van der Waals surface area contributed by atoms with E-state index in [9.17, 15) is 20.0 Å². The molecule has 9 heteroatoms. The Morgan fingerprint density at radius 3 is 2.70 bits per heavy atom. The zero-order valence-electron chi connectivity index (χ0n) is 10.6. The summed E-state index contributed by atoms with van der Waals surface area (Å²) in [4.78, 5) is 25.1. The van der Waals surface area contributed by atoms with Gasteiger partial charge in [-0.2, -0.15) is 0 Å². The zero-order valence-corrected chi connectivity index (χ0v) is 10.6. The van der Waals surface area contributed by atoms with Crippen LogP contribution in [0.4, 0.5) is 11.4 Å². The van der Waals surface area contributed by atoms with Gasteiger partial charge in [0, 0.05) is 12.1 Å². The Labute approximate surface area is 111 Å². The quantitative estimate of drug-likeness (QED) is 0.265. The molecule has 9 nitrogen and oxygen atoms in total. The molecule has 0 saturated carbocycles. The van der Waals surface area contributed by atoms with Crippen molar-refractivity contribution < 1.29 is 19.2 Å². The van der Waals surface area contributed by atoms with E-state index in [1.807, 2.05) is 0 Å². The van der Waals surface area contributed by atoms with Crippen LogP contribution < -0.4 is 15.4 Å². The van der Waals surface area contributed by atoms with Gasteiger partial charge in [0.15, 0.2) is 7.05 Å². The lowest BCUT2D eigenvalue weighted by molar-refractivity contribution is -0.742. The predicted molar refractivity (Wildman–Crippen MR) is 64.5 cm³/mol. The second-order valence-corrected chi connectivity index (χ2v) is 4.03. The maximum absolute atomic E-state index is 11.9. The number of benzene rings is 1. The number of non-ortho nitro benzene ring substituents is 1. The van der Waals surface area contributed by atoms with E-state index in [0.717, 1.165) is 4.68 Å². The van der Waals surface area contributed by atoms with Crippen molar-refractivity contribution >= 4 is 17.3 Å². The fraction of sp³-hybridized carbons (Fsp3) is 0.182. The number of nitrogens with one attached hydrogen (secondary N) is 1. The van der Waals surface area contributed by atoms with E-state index in [-0.39, 0.29) is 17.1 Å². The minimum absolute atomic E-state index is 0.0967. The zero-order chi connectivity index (χ0) is 14.9. The summed E-state index contributed by atoms with van der Waals surface area (Å²) >= 11 is 0. The molecule has 0 aliphatic carbocycles. The largest absolute Gasteiger partial charge is 0.854 e. The molecule has 2 rings (SSSR count). The maximum Gasteiger partial charge on any atom is 0.435 e. The van der Waals surface area contributed by atoms with Crippen LogP contribution in [0.1, 0.15) is 11.3 Å². The van der Waals surface area contributed by atoms with Gasteiger partial charge in [0.05, 0.1) is 16.5 Å². The molecule has 1 N–H and O–H groups in total. The Balaban J connectivity index is 2.46. The first kappa shape index (κ1) is 13.5. The van der Waals surface area contributed by atoms with Crippen LogP contribution >= 0.6 is 0 Å². The van der Waals surface area contributed by atoms with Gasteiger partial charge < -0.3 is 5.11 Å². The first-order valence-corrected chi connectivity index (χ1v) is 5.48. The molecule has 0 atom stereocenters. The number of nitro benzene ring substituents is 1. The van der Waals surface area contributed by atoms with Gasteiger partial charge in [-0.05, 0) is 23.8 Å². The van der Waals surface area contributed by atoms with E-state index in [2.05, 4.69) is 14.8 Å². The summed E-state index contributed by atoms with van der Waals surface area (Å²) in [7, 11) is 1.43. The molecule has 0 saturated heterocycles. The summed E-state index contributed by atoms with van der Waals surface area (Å²) in [5.41, 5.74) is -0.486. The first-order valence-electron chi connectivity index (χ1n) is 5.48. The SMILES string of the molecule is Cc1cc([N+](=O)[O-])ccc1N=C([O-])c1c(=O)o[nH][n+]1C. The molecule has 1 aromatic carbocycles. The number of H-pyrrole nitrogens is 1. The third-order valence-electron chi connectivity index (χ3n) is 2.62. The number of nitro groups is 1. The summed E-state index contributed by atoms with van der Waals surface area (Å²) in [6, 6.07) is 3.88. The molecule has 2 aromatic rings. The second kappa shape index (κ2) is 4.96. The van der Waals surface area contributed by atoms with Crippen LogP contribution in [0.25, 0.3) is 0 Å². The fourth-order valence-corrected chi connectivity index (χ4v) is 1.61. The van der Waals surface area contributed by atoms with E-state index < -0.39 is 16.4 Å². The van der Waals surface area contributed by atoms with Gasteiger partial charge in [0.1, 0.15) is 0 Å². The van der Waals surface area contributed by atoms with Crippen LogP contribution in [0, 0.1) is 17.0 Å². The van der Waals surface area contributed by atoms with Gasteiger partial charge in [0.25, 0.3) is 5.69 Å². The fourth-order valence-electron chi connectivity index (χ4n) is 1.61. The summed E-state index contributed by atoms with van der Waals surface area (Å²) in [5.74, 6) is -0.792. The smallest absolute Gasteiger partial charge is 0.435 e. The highest BCUT2D eigenvalue weighted by molar-refractivity contribution is 5.88. The van der Waals surface area contributed by atoms with Crippen molar-refractivity contribution in [1.29, 1.82) is 0 Å². The molecule has 0 bridgehead atoms. The average molecular weight is 278 g/mol. The van der Waals surface area contributed by atoms with Crippen LogP contribution in [-0.4, -0.2) is 16.1 Å². The topological polar surface area (TPSA) is 128 Å². The first-order chi connectivity index (χ1) is 9.40. The molecule has 0 unspecified atom stereocenters. The lowest BCUT2D eigenvalue weighted by Crippen LogP contribution is -2.43. The van der Waals surface area contributed by atoms with Gasteiger partial charge in [-0.25, -0.2) is 4.79 Å². The van der Waals surface area contributed by atoms with Gasteiger partial charge in [-0.1, -0.05) is 4.68 Å². The van der Waals surface area contributed by atoms with E-state index in [0.29, 0.717) is 5.56 Å². The molecule has 1 aromatic heterocycles. The minimum atomic E-state index is -0.833. The molecule has 0 aliphatic heterocycles. The summed E-state index contributed by atoms with van der Waals surface area (Å²) in [6.45, 7) is 1.58. The Hall–Kier alpha value is -2.97. The predicted octanol–water partition coefficient (Wildman–Crippen LogP) is -0.552. The standard InChI is InChI=1S/C11H10N4O5/c1-6-5-7(15(18)19)3-4-8(6)12-10(16)9-11(17)20-13-14(9)2/h3-5H,1-2H3,(H-,12,13,16,17). The molecular formula is C11H10N4O5. The van der Waals surface area contributed by atoms with Crippen molar-refractivity contribution in [3.8, 4) is 0 Å². The minimum Gasteiger partial charge on any atom is -0.854 e. The van der Waals surface area contributed by atoms with Crippen molar-refractivity contribution in [3.05, 3.63) is 50.0 Å². The summed E-state index contributed by atoms with van der Waals surface area (Å²) in [6.07, 6.45) is 0. The number of nitrogens with zero attached hydrogens (tertiary/aromatic N) is 3. The summed E-state index contributed by atoms with van der Waals surface area (Å²) < 4.78 is 5.55. The van der Waals surface area contributed by atoms with Gasteiger partial charge in [-0.15, -0.1) is 0 Å². The second-order valence-electron chi connectivity index (χ2n) is 4.03. The normalized spacial score (nSPS) is 11.6. The molecular weight excluding hydrogens is 268 g/mol. The van der Waals surface area contributed by atoms with E-state index in [4.69, 9.17) is 0 Å². The number of rotatable bonds is 3. The molecule has 20 heavy (non-hydrogen) atoms. The molecule has 1 heterocycles. The molecule has 0 spiro atoms. The Morgan fingerprint density at radius 2 is 2.20 bits per heavy atom. The van der Waals surface area contributed by atoms with E-state index >= 15 is 0 Å². The lowest BCUT2D eigenvalue weighted by atomic mass is 10.2. The van der Waals surface area contributed by atoms with Crippen LogP contribution in [0.2, 0.25) is 0 Å². The summed E-state index contributed by atoms with van der Waals surface area (Å²) in [5, 5.41) is 24.7. The number of aryl methyl sites for hydroxylation is 2. The highest BCUT2D eigenvalue weighted by Gasteiger charge is 2.17. The molecule has 0 fully saturated rings. The number of hydrogen-bond donors (Lipinski definition) is 1. The Bertz CT molecular complexity index is 758. The van der Waals surface area contributed by atoms with E-state index in [1.165, 1.54) is 25.2 Å². The van der Waals surface area contributed by atoms with Crippen molar-refractivity contribution in [2.45, 2.75) is 6.92 Å². The Morgan fingerprint density at radius 1 is 1.50 bits per heavy atom. The van der Waals surface area contributed by atoms with Gasteiger partial charge in [-0.3, -0.25) is 19.6 Å². The monoisotopic (exact) mass is 278 g/mol.